The van der Waals surface area contributed by atoms with E-state index in [1.807, 2.05) is 6.92 Å². The Hall–Kier alpha value is -3.38. The fourth-order valence-electron chi connectivity index (χ4n) is 5.16. The Labute approximate surface area is 232 Å². The molecule has 5 rings (SSSR count). The summed E-state index contributed by atoms with van der Waals surface area (Å²) in [5.74, 6) is -0.336. The van der Waals surface area contributed by atoms with Crippen LogP contribution in [0.2, 0.25) is 0 Å². The van der Waals surface area contributed by atoms with Crippen LogP contribution in [0.4, 0.5) is 23.4 Å². The average molecular weight is 577 g/mol. The highest BCUT2D eigenvalue weighted by Gasteiger charge is 2.38. The van der Waals surface area contributed by atoms with E-state index in [2.05, 4.69) is 11.6 Å². The maximum absolute atomic E-state index is 14.7. The van der Waals surface area contributed by atoms with Gasteiger partial charge in [-0.15, -0.1) is 11.8 Å². The third kappa shape index (κ3) is 5.34. The van der Waals surface area contributed by atoms with Crippen molar-refractivity contribution in [1.82, 2.24) is 14.5 Å². The van der Waals surface area contributed by atoms with Gasteiger partial charge in [-0.1, -0.05) is 25.6 Å². The average Bonchev–Trinajstić information content (AvgIpc) is 3.14. The summed E-state index contributed by atoms with van der Waals surface area (Å²) in [6, 6.07) is 5.93. The molecule has 1 unspecified atom stereocenters. The molecule has 1 aromatic heterocycles. The Kier molecular flexibility index (Phi) is 7.92. The van der Waals surface area contributed by atoms with Gasteiger partial charge in [0, 0.05) is 54.4 Å². The predicted octanol–water partition coefficient (Wildman–Crippen LogP) is 4.96. The predicted molar refractivity (Wildman–Crippen MR) is 146 cm³/mol. The first-order chi connectivity index (χ1) is 19.1. The number of thioether (sulfide) groups is 1. The number of nitrogens with zero attached hydrogens (tertiary/aromatic N) is 4. The molecule has 1 atom stereocenters. The van der Waals surface area contributed by atoms with Gasteiger partial charge in [-0.05, 0) is 36.3 Å². The smallest absolute Gasteiger partial charge is 0.375 e. The Morgan fingerprint density at radius 3 is 2.52 bits per heavy atom. The fraction of sp³-hybridized carbons (Fsp3) is 0.393. The third-order valence-corrected chi connectivity index (χ3v) is 8.28. The summed E-state index contributed by atoms with van der Waals surface area (Å²) in [4.78, 5) is 33.4. The molecule has 212 valence electrons. The Morgan fingerprint density at radius 1 is 1.20 bits per heavy atom. The number of benzene rings is 2. The van der Waals surface area contributed by atoms with Crippen molar-refractivity contribution < 1.29 is 27.1 Å². The van der Waals surface area contributed by atoms with E-state index in [1.165, 1.54) is 34.5 Å². The lowest BCUT2D eigenvalue weighted by Crippen LogP contribution is -2.49. The van der Waals surface area contributed by atoms with E-state index in [0.717, 1.165) is 24.6 Å². The van der Waals surface area contributed by atoms with Gasteiger partial charge in [0.05, 0.1) is 23.7 Å². The highest BCUT2D eigenvalue weighted by atomic mass is 32.2. The number of carbonyl (C=O) groups excluding carboxylic acids is 1. The molecule has 0 spiro atoms. The van der Waals surface area contributed by atoms with Crippen molar-refractivity contribution in [1.29, 1.82) is 0 Å². The van der Waals surface area contributed by atoms with E-state index >= 15 is 0 Å². The van der Waals surface area contributed by atoms with E-state index in [-0.39, 0.29) is 52.8 Å². The minimum Gasteiger partial charge on any atom is -0.375 e. The van der Waals surface area contributed by atoms with Gasteiger partial charge in [0.15, 0.2) is 0 Å². The number of rotatable bonds is 6. The van der Waals surface area contributed by atoms with Crippen LogP contribution in [0.25, 0.3) is 22.0 Å². The van der Waals surface area contributed by atoms with Crippen molar-refractivity contribution in [3.8, 4) is 11.1 Å². The molecule has 1 amide bonds. The molecule has 3 aromatic rings. The van der Waals surface area contributed by atoms with Crippen molar-refractivity contribution in [2.24, 2.45) is 0 Å². The summed E-state index contributed by atoms with van der Waals surface area (Å²) in [5, 5.41) is 0.194. The fourth-order valence-corrected chi connectivity index (χ4v) is 6.44. The minimum atomic E-state index is -4.74. The number of hydrogen-bond donors (Lipinski definition) is 0. The summed E-state index contributed by atoms with van der Waals surface area (Å²) < 4.78 is 65.2. The summed E-state index contributed by atoms with van der Waals surface area (Å²) in [6.07, 6.45) is -3.20. The van der Waals surface area contributed by atoms with Gasteiger partial charge in [0.25, 0.3) is 0 Å². The van der Waals surface area contributed by atoms with Crippen LogP contribution in [0, 0.1) is 5.82 Å². The largest absolute Gasteiger partial charge is 0.417 e. The van der Waals surface area contributed by atoms with Gasteiger partial charge in [0.2, 0.25) is 5.91 Å². The zero-order valence-electron chi connectivity index (χ0n) is 21.8. The standard InChI is InChI=1S/C28H28F4N4O3S/c1-3-13-39-19-15-36-24-20(26(33-27(36)38)35-11-9-34(10-12-35)22(37)4-2)14-21(28(30,31)32)23(25(24)40-16-19)17-5-7-18(29)8-6-17/h4-8,14,19H,2-3,9-13,15-16H2,1H3. The van der Waals surface area contributed by atoms with Gasteiger partial charge < -0.3 is 14.5 Å². The first-order valence-electron chi connectivity index (χ1n) is 13.0. The van der Waals surface area contributed by atoms with Crippen LogP contribution in [0.1, 0.15) is 18.9 Å². The zero-order chi connectivity index (χ0) is 28.6. The molecule has 2 aliphatic rings. The first kappa shape index (κ1) is 28.2. The highest BCUT2D eigenvalue weighted by molar-refractivity contribution is 7.99. The van der Waals surface area contributed by atoms with Gasteiger partial charge in [-0.3, -0.25) is 9.36 Å². The van der Waals surface area contributed by atoms with Crippen molar-refractivity contribution in [2.75, 3.05) is 43.4 Å². The van der Waals surface area contributed by atoms with Gasteiger partial charge in [-0.2, -0.15) is 18.2 Å². The Balaban J connectivity index is 1.76. The molecule has 7 nitrogen and oxygen atoms in total. The summed E-state index contributed by atoms with van der Waals surface area (Å²) >= 11 is 1.20. The van der Waals surface area contributed by atoms with Crippen molar-refractivity contribution in [2.45, 2.75) is 37.1 Å². The molecule has 3 heterocycles. The van der Waals surface area contributed by atoms with E-state index < -0.39 is 29.4 Å². The van der Waals surface area contributed by atoms with Crippen molar-refractivity contribution >= 4 is 34.4 Å². The third-order valence-electron chi connectivity index (χ3n) is 7.06. The van der Waals surface area contributed by atoms with Crippen LogP contribution in [-0.4, -0.2) is 65.0 Å². The Bertz CT molecular complexity index is 1500. The van der Waals surface area contributed by atoms with Crippen LogP contribution in [0.5, 0.6) is 0 Å². The molecular formula is C28H28F4N4O3S. The number of alkyl halides is 3. The molecule has 1 fully saturated rings. The number of ether oxygens (including phenoxy) is 1. The number of halogens is 4. The molecule has 0 aliphatic carbocycles. The second-order valence-corrected chi connectivity index (χ2v) is 10.7. The quantitative estimate of drug-likeness (QED) is 0.306. The highest BCUT2D eigenvalue weighted by Crippen LogP contribution is 2.48. The van der Waals surface area contributed by atoms with E-state index in [0.29, 0.717) is 31.0 Å². The summed E-state index contributed by atoms with van der Waals surface area (Å²) in [7, 11) is 0. The lowest BCUT2D eigenvalue weighted by atomic mass is 9.96. The SMILES string of the molecule is C=CC(=O)N1CCN(c2nc(=O)n3c4c(c(-c5ccc(F)cc5)c(C(F)(F)F)cc24)SCC(OCCC)C3)CC1. The van der Waals surface area contributed by atoms with Crippen molar-refractivity contribution in [3.63, 3.8) is 0 Å². The number of hydrogen-bond acceptors (Lipinski definition) is 6. The normalized spacial score (nSPS) is 17.7. The molecule has 0 saturated carbocycles. The monoisotopic (exact) mass is 576 g/mol. The van der Waals surface area contributed by atoms with E-state index in [4.69, 9.17) is 4.74 Å². The lowest BCUT2D eigenvalue weighted by molar-refractivity contribution is -0.137. The second-order valence-electron chi connectivity index (χ2n) is 9.68. The number of aromatic nitrogens is 2. The molecule has 12 heteroatoms. The second kappa shape index (κ2) is 11.2. The van der Waals surface area contributed by atoms with Crippen LogP contribution >= 0.6 is 11.8 Å². The molecule has 0 bridgehead atoms. The number of anilines is 1. The topological polar surface area (TPSA) is 67.7 Å². The minimum absolute atomic E-state index is 0.104. The molecule has 0 radical (unpaired) electrons. The first-order valence-corrected chi connectivity index (χ1v) is 14.0. The molecule has 2 aromatic carbocycles. The lowest BCUT2D eigenvalue weighted by Gasteiger charge is -2.35. The summed E-state index contributed by atoms with van der Waals surface area (Å²) in [5.41, 5.74) is -1.05. The van der Waals surface area contributed by atoms with E-state index in [1.54, 1.807) is 9.80 Å². The molecule has 40 heavy (non-hydrogen) atoms. The number of carbonyl (C=O) groups is 1. The van der Waals surface area contributed by atoms with Gasteiger partial charge in [0.1, 0.15) is 11.6 Å². The molecule has 1 saturated heterocycles. The molecule has 2 aliphatic heterocycles. The molecule has 0 N–H and O–H groups in total. The molecular weight excluding hydrogens is 548 g/mol. The number of piperazine rings is 1. The van der Waals surface area contributed by atoms with Gasteiger partial charge in [-0.25, -0.2) is 9.18 Å². The van der Waals surface area contributed by atoms with Gasteiger partial charge >= 0.3 is 11.9 Å². The maximum atomic E-state index is 14.7. The van der Waals surface area contributed by atoms with Crippen LogP contribution in [-0.2, 0) is 22.3 Å². The van der Waals surface area contributed by atoms with E-state index in [9.17, 15) is 27.2 Å². The van der Waals surface area contributed by atoms with Crippen LogP contribution in [0.15, 0.2) is 52.7 Å². The summed E-state index contributed by atoms with van der Waals surface area (Å²) in [6.45, 7) is 7.23. The van der Waals surface area contributed by atoms with Crippen molar-refractivity contribution in [3.05, 3.63) is 64.9 Å². The Morgan fingerprint density at radius 2 is 1.90 bits per heavy atom. The maximum Gasteiger partial charge on any atom is 0.417 e. The van der Waals surface area contributed by atoms with Crippen LogP contribution < -0.4 is 10.6 Å². The number of amides is 1. The van der Waals surface area contributed by atoms with Crippen LogP contribution in [0.3, 0.4) is 0 Å². The zero-order valence-corrected chi connectivity index (χ0v) is 22.7.